The molecule has 1 aliphatic heterocycles. The average Bonchev–Trinajstić information content (AvgIpc) is 3.13. The molecule has 0 aromatic rings. The van der Waals surface area contributed by atoms with E-state index < -0.39 is 5.54 Å². The maximum atomic E-state index is 12.7. The predicted octanol–water partition coefficient (Wildman–Crippen LogP) is 1.55. The molecule has 3 atom stereocenters. The van der Waals surface area contributed by atoms with Crippen molar-refractivity contribution in [3.63, 3.8) is 0 Å². The van der Waals surface area contributed by atoms with Crippen molar-refractivity contribution in [3.8, 4) is 0 Å². The summed E-state index contributed by atoms with van der Waals surface area (Å²) in [4.78, 5) is 26.4. The van der Waals surface area contributed by atoms with E-state index in [1.165, 1.54) is 19.3 Å². The highest BCUT2D eigenvalue weighted by molar-refractivity contribution is 5.98. The summed E-state index contributed by atoms with van der Waals surface area (Å²) in [5.74, 6) is 1.78. The zero-order valence-corrected chi connectivity index (χ0v) is 11.9. The van der Waals surface area contributed by atoms with Gasteiger partial charge in [0, 0.05) is 6.54 Å². The van der Waals surface area contributed by atoms with Crippen molar-refractivity contribution in [1.82, 2.24) is 10.2 Å². The molecule has 0 aromatic heterocycles. The molecule has 3 unspecified atom stereocenters. The van der Waals surface area contributed by atoms with E-state index in [9.17, 15) is 9.59 Å². The minimum Gasteiger partial charge on any atom is -0.340 e. The molecule has 2 saturated carbocycles. The summed E-state index contributed by atoms with van der Waals surface area (Å²) in [6, 6.07) is 0. The monoisotopic (exact) mass is 264 g/mol. The molecule has 106 valence electrons. The van der Waals surface area contributed by atoms with Crippen LogP contribution in [0.5, 0.6) is 0 Å². The van der Waals surface area contributed by atoms with Gasteiger partial charge in [-0.05, 0) is 43.9 Å². The maximum absolute atomic E-state index is 12.7. The molecule has 1 N–H and O–H groups in total. The van der Waals surface area contributed by atoms with Gasteiger partial charge in [-0.25, -0.2) is 0 Å². The SMILES string of the molecule is CC1CCCC1CN1CC(=O)NC(C)(C2CC2)C1=O. The highest BCUT2D eigenvalue weighted by Crippen LogP contribution is 2.42. The van der Waals surface area contributed by atoms with Crippen molar-refractivity contribution in [2.45, 2.75) is 51.5 Å². The summed E-state index contributed by atoms with van der Waals surface area (Å²) in [5.41, 5.74) is -0.628. The number of hydrogen-bond acceptors (Lipinski definition) is 2. The van der Waals surface area contributed by atoms with E-state index in [1.807, 2.05) is 11.8 Å². The quantitative estimate of drug-likeness (QED) is 0.841. The minimum absolute atomic E-state index is 0.0136. The second-order valence-electron chi connectivity index (χ2n) is 6.88. The van der Waals surface area contributed by atoms with Gasteiger partial charge in [0.2, 0.25) is 11.8 Å². The topological polar surface area (TPSA) is 49.4 Å². The minimum atomic E-state index is -0.628. The number of piperazine rings is 1. The van der Waals surface area contributed by atoms with Crippen LogP contribution < -0.4 is 5.32 Å². The van der Waals surface area contributed by atoms with Crippen LogP contribution in [-0.4, -0.2) is 35.3 Å². The molecule has 1 heterocycles. The van der Waals surface area contributed by atoms with Gasteiger partial charge in [0.05, 0.1) is 6.54 Å². The van der Waals surface area contributed by atoms with Crippen molar-refractivity contribution < 1.29 is 9.59 Å². The first-order chi connectivity index (χ1) is 9.00. The van der Waals surface area contributed by atoms with Crippen LogP contribution in [-0.2, 0) is 9.59 Å². The first-order valence-corrected chi connectivity index (χ1v) is 7.61. The third kappa shape index (κ3) is 2.26. The van der Waals surface area contributed by atoms with Crippen molar-refractivity contribution in [2.24, 2.45) is 17.8 Å². The Kier molecular flexibility index (Phi) is 3.06. The Balaban J connectivity index is 1.73. The summed E-state index contributed by atoms with van der Waals surface area (Å²) in [7, 11) is 0. The molecule has 2 amide bonds. The first kappa shape index (κ1) is 12.9. The van der Waals surface area contributed by atoms with Crippen molar-refractivity contribution in [2.75, 3.05) is 13.1 Å². The van der Waals surface area contributed by atoms with Gasteiger partial charge in [-0.15, -0.1) is 0 Å². The van der Waals surface area contributed by atoms with E-state index in [-0.39, 0.29) is 18.4 Å². The Morgan fingerprint density at radius 3 is 2.58 bits per heavy atom. The van der Waals surface area contributed by atoms with Gasteiger partial charge in [0.25, 0.3) is 0 Å². The van der Waals surface area contributed by atoms with Gasteiger partial charge in [0.15, 0.2) is 0 Å². The molecule has 0 aromatic carbocycles. The number of nitrogens with one attached hydrogen (secondary N) is 1. The zero-order chi connectivity index (χ0) is 13.6. The summed E-state index contributed by atoms with van der Waals surface area (Å²) >= 11 is 0. The Hall–Kier alpha value is -1.06. The van der Waals surface area contributed by atoms with Crippen LogP contribution in [0.15, 0.2) is 0 Å². The number of hydrogen-bond donors (Lipinski definition) is 1. The van der Waals surface area contributed by atoms with Crippen molar-refractivity contribution in [1.29, 1.82) is 0 Å². The van der Waals surface area contributed by atoms with Gasteiger partial charge >= 0.3 is 0 Å². The molecule has 1 saturated heterocycles. The molecule has 4 nitrogen and oxygen atoms in total. The van der Waals surface area contributed by atoms with Crippen molar-refractivity contribution >= 4 is 11.8 Å². The van der Waals surface area contributed by atoms with E-state index in [0.717, 1.165) is 19.4 Å². The second kappa shape index (κ2) is 4.50. The average molecular weight is 264 g/mol. The number of amides is 2. The van der Waals surface area contributed by atoms with E-state index in [0.29, 0.717) is 17.8 Å². The van der Waals surface area contributed by atoms with Crippen LogP contribution in [0, 0.1) is 17.8 Å². The van der Waals surface area contributed by atoms with Crippen LogP contribution in [0.4, 0.5) is 0 Å². The van der Waals surface area contributed by atoms with E-state index >= 15 is 0 Å². The van der Waals surface area contributed by atoms with Gasteiger partial charge in [0.1, 0.15) is 5.54 Å². The van der Waals surface area contributed by atoms with Gasteiger partial charge in [-0.1, -0.05) is 19.8 Å². The fraction of sp³-hybridized carbons (Fsp3) is 0.867. The van der Waals surface area contributed by atoms with Crippen LogP contribution in [0.25, 0.3) is 0 Å². The summed E-state index contributed by atoms with van der Waals surface area (Å²) in [6.45, 7) is 5.21. The first-order valence-electron chi connectivity index (χ1n) is 7.61. The van der Waals surface area contributed by atoms with Crippen molar-refractivity contribution in [3.05, 3.63) is 0 Å². The molecule has 3 rings (SSSR count). The molecule has 2 aliphatic carbocycles. The molecule has 4 heteroatoms. The number of rotatable bonds is 3. The lowest BCUT2D eigenvalue weighted by Gasteiger charge is -2.41. The molecule has 0 bridgehead atoms. The van der Waals surface area contributed by atoms with E-state index in [4.69, 9.17) is 0 Å². The third-order valence-electron chi connectivity index (χ3n) is 5.35. The standard InChI is InChI=1S/C15H24N2O2/c1-10-4-3-5-11(10)8-17-9-13(18)16-15(2,14(17)19)12-6-7-12/h10-12H,3-9H2,1-2H3,(H,16,18). The van der Waals surface area contributed by atoms with Crippen LogP contribution in [0.3, 0.4) is 0 Å². The number of nitrogens with zero attached hydrogens (tertiary/aromatic N) is 1. The zero-order valence-electron chi connectivity index (χ0n) is 11.9. The summed E-state index contributed by atoms with van der Waals surface area (Å²) in [6.07, 6.45) is 5.86. The lowest BCUT2D eigenvalue weighted by Crippen LogP contribution is -2.66. The van der Waals surface area contributed by atoms with Crippen LogP contribution >= 0.6 is 0 Å². The fourth-order valence-electron chi connectivity index (χ4n) is 3.82. The van der Waals surface area contributed by atoms with E-state index in [1.54, 1.807) is 0 Å². The highest BCUT2D eigenvalue weighted by Gasteiger charge is 2.52. The molecule has 0 radical (unpaired) electrons. The van der Waals surface area contributed by atoms with Gasteiger partial charge in [-0.3, -0.25) is 9.59 Å². The molecule has 3 aliphatic rings. The maximum Gasteiger partial charge on any atom is 0.248 e. The molecule has 3 fully saturated rings. The summed E-state index contributed by atoms with van der Waals surface area (Å²) in [5, 5.41) is 2.94. The molecular weight excluding hydrogens is 240 g/mol. The Morgan fingerprint density at radius 1 is 1.26 bits per heavy atom. The fourth-order valence-corrected chi connectivity index (χ4v) is 3.82. The largest absolute Gasteiger partial charge is 0.340 e. The second-order valence-corrected chi connectivity index (χ2v) is 6.88. The number of carbonyl (C=O) groups excluding carboxylic acids is 2. The third-order valence-corrected chi connectivity index (χ3v) is 5.35. The summed E-state index contributed by atoms with van der Waals surface area (Å²) < 4.78 is 0. The Labute approximate surface area is 114 Å². The highest BCUT2D eigenvalue weighted by atomic mass is 16.2. The van der Waals surface area contributed by atoms with Gasteiger partial charge in [-0.2, -0.15) is 0 Å². The smallest absolute Gasteiger partial charge is 0.248 e. The molecular formula is C15H24N2O2. The van der Waals surface area contributed by atoms with Crippen LogP contribution in [0.1, 0.15) is 46.0 Å². The van der Waals surface area contributed by atoms with Gasteiger partial charge < -0.3 is 10.2 Å². The number of carbonyl (C=O) groups is 2. The Morgan fingerprint density at radius 2 is 2.00 bits per heavy atom. The van der Waals surface area contributed by atoms with Crippen LogP contribution in [0.2, 0.25) is 0 Å². The predicted molar refractivity (Wildman–Crippen MR) is 72.4 cm³/mol. The molecule has 19 heavy (non-hydrogen) atoms. The normalized spacial score (nSPS) is 39.6. The Bertz CT molecular complexity index is 405. The molecule has 0 spiro atoms. The lowest BCUT2D eigenvalue weighted by molar-refractivity contribution is -0.151. The lowest BCUT2D eigenvalue weighted by atomic mass is 9.90. The van der Waals surface area contributed by atoms with E-state index in [2.05, 4.69) is 12.2 Å².